The van der Waals surface area contributed by atoms with Gasteiger partial charge in [0, 0.05) is 20.2 Å². The number of carbonyl (C=O) groups excluding carboxylic acids is 1. The fourth-order valence-electron chi connectivity index (χ4n) is 1.77. The van der Waals surface area contributed by atoms with Gasteiger partial charge in [0.05, 0.1) is 6.10 Å². The molecular formula is C10H13NO5S. The lowest BCUT2D eigenvalue weighted by Gasteiger charge is -2.13. The van der Waals surface area contributed by atoms with Gasteiger partial charge < -0.3 is 9.15 Å². The van der Waals surface area contributed by atoms with Crippen LogP contribution in [0.15, 0.2) is 21.6 Å². The van der Waals surface area contributed by atoms with Gasteiger partial charge in [-0.05, 0) is 18.6 Å². The van der Waals surface area contributed by atoms with E-state index in [0.717, 1.165) is 0 Å². The van der Waals surface area contributed by atoms with Gasteiger partial charge in [-0.1, -0.05) is 0 Å². The topological polar surface area (TPSA) is 76.8 Å². The molecule has 1 aliphatic rings. The number of nitrogens with zero attached hydrogens (tertiary/aromatic N) is 1. The summed E-state index contributed by atoms with van der Waals surface area (Å²) in [5.41, 5.74) is 0. The molecule has 94 valence electrons. The molecule has 0 aliphatic carbocycles. The first-order chi connectivity index (χ1) is 8.07. The van der Waals surface area contributed by atoms with E-state index in [4.69, 9.17) is 9.15 Å². The third-order valence-electron chi connectivity index (χ3n) is 2.75. The Morgan fingerprint density at radius 3 is 2.82 bits per heavy atom. The van der Waals surface area contributed by atoms with E-state index in [2.05, 4.69) is 0 Å². The van der Waals surface area contributed by atoms with Crippen molar-refractivity contribution in [3.63, 3.8) is 0 Å². The number of hydrogen-bond donors (Lipinski definition) is 0. The van der Waals surface area contributed by atoms with Crippen LogP contribution >= 0.6 is 0 Å². The normalized spacial score (nSPS) is 21.8. The molecule has 7 heteroatoms. The fourth-order valence-corrected chi connectivity index (χ4v) is 3.18. The van der Waals surface area contributed by atoms with Crippen LogP contribution in [0.25, 0.3) is 0 Å². The predicted molar refractivity (Wildman–Crippen MR) is 58.3 cm³/mol. The number of furan rings is 1. The summed E-state index contributed by atoms with van der Waals surface area (Å²) in [5, 5.41) is -0.198. The van der Waals surface area contributed by atoms with Gasteiger partial charge in [0.1, 0.15) is 0 Å². The van der Waals surface area contributed by atoms with Crippen LogP contribution in [0.2, 0.25) is 0 Å². The minimum atomic E-state index is -3.64. The van der Waals surface area contributed by atoms with Crippen LogP contribution in [-0.4, -0.2) is 45.3 Å². The smallest absolute Gasteiger partial charge is 0.276 e. The van der Waals surface area contributed by atoms with Crippen molar-refractivity contribution in [2.24, 2.45) is 0 Å². The average Bonchev–Trinajstić information content (AvgIpc) is 2.98. The molecule has 2 rings (SSSR count). The SMILES string of the molecule is COC1CCN(S(=O)(=O)c2ccc(C=O)o2)C1. The summed E-state index contributed by atoms with van der Waals surface area (Å²) in [6, 6.07) is 2.63. The van der Waals surface area contributed by atoms with Crippen LogP contribution in [0.5, 0.6) is 0 Å². The maximum atomic E-state index is 12.1. The highest BCUT2D eigenvalue weighted by Crippen LogP contribution is 2.23. The van der Waals surface area contributed by atoms with Gasteiger partial charge in [0.2, 0.25) is 5.09 Å². The van der Waals surface area contributed by atoms with E-state index < -0.39 is 10.0 Å². The molecule has 0 amide bonds. The number of sulfonamides is 1. The molecule has 0 aromatic carbocycles. The second-order valence-electron chi connectivity index (χ2n) is 3.78. The number of ether oxygens (including phenoxy) is 1. The van der Waals surface area contributed by atoms with Gasteiger partial charge >= 0.3 is 0 Å². The van der Waals surface area contributed by atoms with Crippen molar-refractivity contribution in [2.75, 3.05) is 20.2 Å². The molecule has 1 aromatic rings. The van der Waals surface area contributed by atoms with Gasteiger partial charge in [-0.3, -0.25) is 4.79 Å². The zero-order chi connectivity index (χ0) is 12.5. The molecule has 17 heavy (non-hydrogen) atoms. The molecule has 6 nitrogen and oxygen atoms in total. The van der Waals surface area contributed by atoms with Gasteiger partial charge in [0.25, 0.3) is 10.0 Å². The molecule has 0 saturated carbocycles. The van der Waals surface area contributed by atoms with Gasteiger partial charge in [-0.2, -0.15) is 4.31 Å². The molecule has 1 atom stereocenters. The fraction of sp³-hybridized carbons (Fsp3) is 0.500. The highest BCUT2D eigenvalue weighted by molar-refractivity contribution is 7.89. The third kappa shape index (κ3) is 2.26. The van der Waals surface area contributed by atoms with Crippen LogP contribution < -0.4 is 0 Å². The number of rotatable bonds is 4. The zero-order valence-corrected chi connectivity index (χ0v) is 10.1. The molecular weight excluding hydrogens is 246 g/mol. The summed E-state index contributed by atoms with van der Waals surface area (Å²) in [4.78, 5) is 10.4. The Morgan fingerprint density at radius 1 is 1.53 bits per heavy atom. The Labute approximate surface area is 99.2 Å². The largest absolute Gasteiger partial charge is 0.440 e. The number of methoxy groups -OCH3 is 1. The van der Waals surface area contributed by atoms with Crippen LogP contribution in [0, 0.1) is 0 Å². The Kier molecular flexibility index (Phi) is 3.32. The maximum absolute atomic E-state index is 12.1. The average molecular weight is 259 g/mol. The van der Waals surface area contributed by atoms with Crippen LogP contribution in [0.1, 0.15) is 17.0 Å². The highest BCUT2D eigenvalue weighted by atomic mass is 32.2. The predicted octanol–water partition coefficient (Wildman–Crippen LogP) is 0.502. The number of hydrogen-bond acceptors (Lipinski definition) is 5. The van der Waals surface area contributed by atoms with E-state index in [1.54, 1.807) is 7.11 Å². The molecule has 0 bridgehead atoms. The van der Waals surface area contributed by atoms with Crippen molar-refractivity contribution in [1.29, 1.82) is 0 Å². The van der Waals surface area contributed by atoms with Crippen molar-refractivity contribution < 1.29 is 22.4 Å². The van der Waals surface area contributed by atoms with E-state index in [1.165, 1.54) is 16.4 Å². The quantitative estimate of drug-likeness (QED) is 0.736. The molecule has 0 N–H and O–H groups in total. The summed E-state index contributed by atoms with van der Waals surface area (Å²) >= 11 is 0. The van der Waals surface area contributed by atoms with Crippen LogP contribution in [0.3, 0.4) is 0 Å². The minimum Gasteiger partial charge on any atom is -0.440 e. The third-order valence-corrected chi connectivity index (χ3v) is 4.49. The van der Waals surface area contributed by atoms with Crippen LogP contribution in [-0.2, 0) is 14.8 Å². The zero-order valence-electron chi connectivity index (χ0n) is 9.33. The maximum Gasteiger partial charge on any atom is 0.276 e. The lowest BCUT2D eigenvalue weighted by molar-refractivity contribution is 0.109. The molecule has 1 aliphatic heterocycles. The first-order valence-corrected chi connectivity index (χ1v) is 6.60. The van der Waals surface area contributed by atoms with E-state index in [1.807, 2.05) is 0 Å². The standard InChI is InChI=1S/C10H13NO5S/c1-15-8-4-5-11(6-8)17(13,14)10-3-2-9(7-12)16-10/h2-3,7-8H,4-6H2,1H3. The monoisotopic (exact) mass is 259 g/mol. The van der Waals surface area contributed by atoms with Gasteiger partial charge in [-0.15, -0.1) is 0 Å². The van der Waals surface area contributed by atoms with Crippen molar-refractivity contribution >= 4 is 16.3 Å². The summed E-state index contributed by atoms with van der Waals surface area (Å²) in [5.74, 6) is 0.00561. The van der Waals surface area contributed by atoms with Gasteiger partial charge in [0.15, 0.2) is 12.0 Å². The Hall–Kier alpha value is -1.18. The molecule has 0 radical (unpaired) electrons. The highest BCUT2D eigenvalue weighted by Gasteiger charge is 2.34. The molecule has 0 spiro atoms. The first-order valence-electron chi connectivity index (χ1n) is 5.16. The van der Waals surface area contributed by atoms with Crippen molar-refractivity contribution in [3.8, 4) is 0 Å². The van der Waals surface area contributed by atoms with Crippen molar-refractivity contribution in [2.45, 2.75) is 17.6 Å². The summed E-state index contributed by atoms with van der Waals surface area (Å²) < 4.78 is 35.5. The second-order valence-corrected chi connectivity index (χ2v) is 5.65. The number of carbonyl (C=O) groups is 1. The van der Waals surface area contributed by atoms with E-state index in [9.17, 15) is 13.2 Å². The molecule has 1 aromatic heterocycles. The first kappa shape index (κ1) is 12.3. The molecule has 1 unspecified atom stereocenters. The Morgan fingerprint density at radius 2 is 2.29 bits per heavy atom. The summed E-state index contributed by atoms with van der Waals surface area (Å²) in [7, 11) is -2.09. The van der Waals surface area contributed by atoms with Crippen LogP contribution in [0.4, 0.5) is 0 Å². The molecule has 2 heterocycles. The van der Waals surface area contributed by atoms with E-state index >= 15 is 0 Å². The van der Waals surface area contributed by atoms with E-state index in [0.29, 0.717) is 25.8 Å². The number of aldehydes is 1. The van der Waals surface area contributed by atoms with Gasteiger partial charge in [-0.25, -0.2) is 8.42 Å². The van der Waals surface area contributed by atoms with Crippen molar-refractivity contribution in [1.82, 2.24) is 4.31 Å². The van der Waals surface area contributed by atoms with Crippen molar-refractivity contribution in [3.05, 3.63) is 17.9 Å². The second kappa shape index (κ2) is 4.59. The Bertz CT molecular complexity index is 507. The lowest BCUT2D eigenvalue weighted by atomic mass is 10.3. The summed E-state index contributed by atoms with van der Waals surface area (Å²) in [6.45, 7) is 0.716. The minimum absolute atomic E-state index is 0.00561. The van der Waals surface area contributed by atoms with E-state index in [-0.39, 0.29) is 17.0 Å². The Balaban J connectivity index is 2.22. The molecule has 1 saturated heterocycles. The molecule has 1 fully saturated rings. The summed E-state index contributed by atoms with van der Waals surface area (Å²) in [6.07, 6.45) is 1.06. The lowest BCUT2D eigenvalue weighted by Crippen LogP contribution is -2.29.